The van der Waals surface area contributed by atoms with Crippen molar-refractivity contribution in [3.05, 3.63) is 53.6 Å². The van der Waals surface area contributed by atoms with E-state index in [0.29, 0.717) is 17.1 Å². The zero-order valence-electron chi connectivity index (χ0n) is 14.1. The van der Waals surface area contributed by atoms with Crippen molar-refractivity contribution in [1.29, 1.82) is 0 Å². The summed E-state index contributed by atoms with van der Waals surface area (Å²) in [4.78, 5) is 24.3. The van der Waals surface area contributed by atoms with Crippen LogP contribution in [0, 0.1) is 6.92 Å². The molecule has 24 heavy (non-hydrogen) atoms. The van der Waals surface area contributed by atoms with E-state index in [-0.39, 0.29) is 24.5 Å². The fourth-order valence-electron chi connectivity index (χ4n) is 2.25. The molecule has 0 spiro atoms. The summed E-state index contributed by atoms with van der Waals surface area (Å²) < 4.78 is 10.3. The lowest BCUT2D eigenvalue weighted by Gasteiger charge is -2.10. The number of hydrogen-bond donors (Lipinski definition) is 1. The zero-order valence-corrected chi connectivity index (χ0v) is 14.1. The number of anilines is 1. The number of rotatable bonds is 7. The Morgan fingerprint density at radius 2 is 1.67 bits per heavy atom. The molecule has 2 aromatic rings. The molecule has 0 saturated heterocycles. The molecular weight excluding hydrogens is 306 g/mol. The van der Waals surface area contributed by atoms with E-state index >= 15 is 0 Å². The second kappa shape index (κ2) is 8.15. The number of Topliss-reactive ketones (excluding diaryl/α,β-unsaturated/α-hetero) is 1. The molecule has 0 heterocycles. The Balaban J connectivity index is 1.95. The van der Waals surface area contributed by atoms with Gasteiger partial charge in [-0.1, -0.05) is 17.7 Å². The molecule has 1 N–H and O–H groups in total. The molecule has 0 fully saturated rings. The van der Waals surface area contributed by atoms with Gasteiger partial charge in [-0.05, 0) is 31.2 Å². The first kappa shape index (κ1) is 17.5. The number of ketones is 1. The number of carbonyl (C=O) groups is 2. The molecule has 0 aliphatic heterocycles. The van der Waals surface area contributed by atoms with Gasteiger partial charge in [-0.2, -0.15) is 0 Å². The second-order valence-corrected chi connectivity index (χ2v) is 5.40. The SMILES string of the molecule is COc1ccc(C(=O)CCC(=O)Nc2ccc(C)cc2)c(OC)c1. The van der Waals surface area contributed by atoms with E-state index in [0.717, 1.165) is 11.3 Å². The van der Waals surface area contributed by atoms with Gasteiger partial charge in [0.1, 0.15) is 11.5 Å². The Bertz CT molecular complexity index is 723. The number of hydrogen-bond acceptors (Lipinski definition) is 4. The fraction of sp³-hybridized carbons (Fsp3) is 0.263. The van der Waals surface area contributed by atoms with Crippen molar-refractivity contribution in [1.82, 2.24) is 0 Å². The molecule has 0 saturated carbocycles. The van der Waals surface area contributed by atoms with Gasteiger partial charge in [-0.3, -0.25) is 9.59 Å². The largest absolute Gasteiger partial charge is 0.497 e. The summed E-state index contributed by atoms with van der Waals surface area (Å²) in [7, 11) is 3.04. The molecule has 5 nitrogen and oxygen atoms in total. The van der Waals surface area contributed by atoms with Crippen molar-refractivity contribution < 1.29 is 19.1 Å². The van der Waals surface area contributed by atoms with E-state index in [1.54, 1.807) is 25.3 Å². The summed E-state index contributed by atoms with van der Waals surface area (Å²) in [6, 6.07) is 12.5. The molecule has 0 bridgehead atoms. The van der Waals surface area contributed by atoms with Crippen molar-refractivity contribution in [3.63, 3.8) is 0 Å². The van der Waals surface area contributed by atoms with Crippen LogP contribution in [-0.2, 0) is 4.79 Å². The third-order valence-corrected chi connectivity index (χ3v) is 3.62. The minimum atomic E-state index is -0.195. The van der Waals surface area contributed by atoms with E-state index in [9.17, 15) is 9.59 Å². The van der Waals surface area contributed by atoms with Gasteiger partial charge < -0.3 is 14.8 Å². The van der Waals surface area contributed by atoms with Crippen LogP contribution >= 0.6 is 0 Å². The summed E-state index contributed by atoms with van der Waals surface area (Å²) in [6.07, 6.45) is 0.224. The Morgan fingerprint density at radius 1 is 0.958 bits per heavy atom. The fourth-order valence-corrected chi connectivity index (χ4v) is 2.25. The summed E-state index contributed by atoms with van der Waals surface area (Å²) >= 11 is 0. The van der Waals surface area contributed by atoms with Crippen LogP contribution in [0.5, 0.6) is 11.5 Å². The normalized spacial score (nSPS) is 10.1. The van der Waals surface area contributed by atoms with E-state index in [4.69, 9.17) is 9.47 Å². The van der Waals surface area contributed by atoms with Gasteiger partial charge in [-0.25, -0.2) is 0 Å². The topological polar surface area (TPSA) is 64.6 Å². The number of ether oxygens (including phenoxy) is 2. The lowest BCUT2D eigenvalue weighted by atomic mass is 10.0. The van der Waals surface area contributed by atoms with Gasteiger partial charge in [0.25, 0.3) is 0 Å². The quantitative estimate of drug-likeness (QED) is 0.789. The molecule has 0 atom stereocenters. The lowest BCUT2D eigenvalue weighted by Crippen LogP contribution is -2.13. The first-order valence-electron chi connectivity index (χ1n) is 7.65. The monoisotopic (exact) mass is 327 g/mol. The Hall–Kier alpha value is -2.82. The third-order valence-electron chi connectivity index (χ3n) is 3.62. The highest BCUT2D eigenvalue weighted by Gasteiger charge is 2.15. The predicted octanol–water partition coefficient (Wildman–Crippen LogP) is 3.61. The summed E-state index contributed by atoms with van der Waals surface area (Å²) in [5, 5.41) is 2.78. The second-order valence-electron chi connectivity index (χ2n) is 5.40. The standard InChI is InChI=1S/C19H21NO4/c1-13-4-6-14(7-5-13)20-19(22)11-10-17(21)16-9-8-15(23-2)12-18(16)24-3/h4-9,12H,10-11H2,1-3H3,(H,20,22). The van der Waals surface area contributed by atoms with Gasteiger partial charge in [0.2, 0.25) is 5.91 Å². The lowest BCUT2D eigenvalue weighted by molar-refractivity contribution is -0.116. The van der Waals surface area contributed by atoms with Crippen LogP contribution in [0.1, 0.15) is 28.8 Å². The van der Waals surface area contributed by atoms with Crippen LogP contribution in [0.15, 0.2) is 42.5 Å². The number of benzene rings is 2. The number of aryl methyl sites for hydroxylation is 1. The van der Waals surface area contributed by atoms with Crippen molar-refractivity contribution in [2.24, 2.45) is 0 Å². The molecule has 2 rings (SSSR count). The number of amides is 1. The minimum Gasteiger partial charge on any atom is -0.497 e. The molecule has 0 aliphatic rings. The summed E-state index contributed by atoms with van der Waals surface area (Å²) in [5.41, 5.74) is 2.29. The highest BCUT2D eigenvalue weighted by molar-refractivity contribution is 6.01. The average molecular weight is 327 g/mol. The predicted molar refractivity (Wildman–Crippen MR) is 92.9 cm³/mol. The number of methoxy groups -OCH3 is 2. The zero-order chi connectivity index (χ0) is 17.5. The molecule has 5 heteroatoms. The maximum Gasteiger partial charge on any atom is 0.224 e. The molecule has 0 aliphatic carbocycles. The van der Waals surface area contributed by atoms with Gasteiger partial charge in [-0.15, -0.1) is 0 Å². The van der Waals surface area contributed by atoms with Crippen molar-refractivity contribution >= 4 is 17.4 Å². The maximum absolute atomic E-state index is 12.3. The van der Waals surface area contributed by atoms with Crippen LogP contribution in [0.4, 0.5) is 5.69 Å². The Labute approximate surface area is 141 Å². The molecule has 0 radical (unpaired) electrons. The van der Waals surface area contributed by atoms with Gasteiger partial charge in [0.15, 0.2) is 5.78 Å². The van der Waals surface area contributed by atoms with Crippen LogP contribution in [0.25, 0.3) is 0 Å². The van der Waals surface area contributed by atoms with Crippen LogP contribution in [0.3, 0.4) is 0 Å². The smallest absolute Gasteiger partial charge is 0.224 e. The molecule has 0 unspecified atom stereocenters. The van der Waals surface area contributed by atoms with Gasteiger partial charge >= 0.3 is 0 Å². The van der Waals surface area contributed by atoms with Crippen molar-refractivity contribution in [2.45, 2.75) is 19.8 Å². The Morgan fingerprint density at radius 3 is 2.29 bits per heavy atom. The molecule has 126 valence electrons. The minimum absolute atomic E-state index is 0.111. The van der Waals surface area contributed by atoms with E-state index in [2.05, 4.69) is 5.32 Å². The van der Waals surface area contributed by atoms with Crippen LogP contribution in [-0.4, -0.2) is 25.9 Å². The summed E-state index contributed by atoms with van der Waals surface area (Å²) in [6.45, 7) is 1.98. The molecule has 0 aromatic heterocycles. The van der Waals surface area contributed by atoms with Crippen molar-refractivity contribution in [2.75, 3.05) is 19.5 Å². The molecule has 2 aromatic carbocycles. The maximum atomic E-state index is 12.3. The first-order chi connectivity index (χ1) is 11.5. The third kappa shape index (κ3) is 4.59. The van der Waals surface area contributed by atoms with Crippen LogP contribution < -0.4 is 14.8 Å². The van der Waals surface area contributed by atoms with Crippen LogP contribution in [0.2, 0.25) is 0 Å². The van der Waals surface area contributed by atoms with Gasteiger partial charge in [0, 0.05) is 24.6 Å². The molecule has 1 amide bonds. The molecular formula is C19H21NO4. The average Bonchev–Trinajstić information content (AvgIpc) is 2.61. The van der Waals surface area contributed by atoms with E-state index in [1.807, 2.05) is 31.2 Å². The summed E-state index contributed by atoms with van der Waals surface area (Å²) in [5.74, 6) is 0.715. The van der Waals surface area contributed by atoms with E-state index in [1.165, 1.54) is 7.11 Å². The highest BCUT2D eigenvalue weighted by Crippen LogP contribution is 2.26. The number of nitrogens with one attached hydrogen (secondary N) is 1. The van der Waals surface area contributed by atoms with Gasteiger partial charge in [0.05, 0.1) is 19.8 Å². The highest BCUT2D eigenvalue weighted by atomic mass is 16.5. The van der Waals surface area contributed by atoms with Crippen molar-refractivity contribution in [3.8, 4) is 11.5 Å². The Kier molecular flexibility index (Phi) is 5.95. The first-order valence-corrected chi connectivity index (χ1v) is 7.65. The number of carbonyl (C=O) groups excluding carboxylic acids is 2. The van der Waals surface area contributed by atoms with E-state index < -0.39 is 0 Å².